The Kier molecular flexibility index (Phi) is 6.59. The predicted octanol–water partition coefficient (Wildman–Crippen LogP) is 5.76. The standard InChI is InChI=1S/C28H21N5O2S/c1-18(19-10-12-21(13-11-19)30-27(34)20-6-4-14-29-17-20)32-33-28(35)23-16-25(26-9-5-15-36-26)31-24-8-3-2-7-22(23)24/h2-17H,1H3,(H,30,34)(H,33,35)/b32-18+. The molecule has 3 aromatic heterocycles. The highest BCUT2D eigenvalue weighted by atomic mass is 32.1. The summed E-state index contributed by atoms with van der Waals surface area (Å²) in [4.78, 5) is 35.1. The third-order valence-electron chi connectivity index (χ3n) is 5.54. The number of para-hydroxylation sites is 1. The number of thiophene rings is 1. The highest BCUT2D eigenvalue weighted by Crippen LogP contribution is 2.27. The molecule has 2 aromatic carbocycles. The van der Waals surface area contributed by atoms with Gasteiger partial charge in [0.2, 0.25) is 0 Å². The molecule has 176 valence electrons. The summed E-state index contributed by atoms with van der Waals surface area (Å²) in [5.41, 5.74) is 7.25. The summed E-state index contributed by atoms with van der Waals surface area (Å²) in [5.74, 6) is -0.550. The second-order valence-corrected chi connectivity index (χ2v) is 8.91. The SMILES string of the molecule is C/C(=N\NC(=O)c1cc(-c2cccs2)nc2ccccc12)c1ccc(NC(=O)c2cccnc2)cc1. The number of nitrogens with one attached hydrogen (secondary N) is 2. The molecule has 0 aliphatic rings. The number of amides is 2. The number of hydrogen-bond acceptors (Lipinski definition) is 6. The Labute approximate surface area is 211 Å². The zero-order valence-electron chi connectivity index (χ0n) is 19.3. The van der Waals surface area contributed by atoms with Gasteiger partial charge in [0.05, 0.1) is 32.9 Å². The number of carbonyl (C=O) groups excluding carboxylic acids is 2. The van der Waals surface area contributed by atoms with Crippen LogP contribution in [0.3, 0.4) is 0 Å². The van der Waals surface area contributed by atoms with Gasteiger partial charge in [0, 0.05) is 23.5 Å². The summed E-state index contributed by atoms with van der Waals surface area (Å²) in [6.45, 7) is 1.81. The van der Waals surface area contributed by atoms with E-state index in [0.717, 1.165) is 27.0 Å². The second kappa shape index (κ2) is 10.3. The summed E-state index contributed by atoms with van der Waals surface area (Å²) in [7, 11) is 0. The van der Waals surface area contributed by atoms with Crippen LogP contribution in [0.4, 0.5) is 5.69 Å². The van der Waals surface area contributed by atoms with Crippen molar-refractivity contribution in [1.29, 1.82) is 0 Å². The minimum atomic E-state index is -0.314. The Morgan fingerprint density at radius 3 is 2.47 bits per heavy atom. The van der Waals surface area contributed by atoms with E-state index in [2.05, 4.69) is 20.8 Å². The highest BCUT2D eigenvalue weighted by Gasteiger charge is 2.14. The fraction of sp³-hybridized carbons (Fsp3) is 0.0357. The second-order valence-electron chi connectivity index (χ2n) is 7.96. The van der Waals surface area contributed by atoms with Crippen LogP contribution in [0.5, 0.6) is 0 Å². The molecule has 0 saturated heterocycles. The van der Waals surface area contributed by atoms with Crippen LogP contribution >= 0.6 is 11.3 Å². The molecule has 0 bridgehead atoms. The topological polar surface area (TPSA) is 96.3 Å². The van der Waals surface area contributed by atoms with E-state index in [-0.39, 0.29) is 11.8 Å². The Balaban J connectivity index is 1.32. The molecule has 7 nitrogen and oxygen atoms in total. The van der Waals surface area contributed by atoms with E-state index in [1.54, 1.807) is 47.9 Å². The van der Waals surface area contributed by atoms with E-state index < -0.39 is 0 Å². The molecule has 3 heterocycles. The van der Waals surface area contributed by atoms with E-state index in [4.69, 9.17) is 4.98 Å². The molecule has 0 spiro atoms. The average Bonchev–Trinajstić information content (AvgIpc) is 3.47. The lowest BCUT2D eigenvalue weighted by Gasteiger charge is -2.09. The molecule has 5 aromatic rings. The summed E-state index contributed by atoms with van der Waals surface area (Å²) < 4.78 is 0. The van der Waals surface area contributed by atoms with Crippen LogP contribution in [-0.2, 0) is 0 Å². The van der Waals surface area contributed by atoms with Gasteiger partial charge in [0.15, 0.2) is 0 Å². The van der Waals surface area contributed by atoms with Crippen molar-refractivity contribution in [3.05, 3.63) is 113 Å². The summed E-state index contributed by atoms with van der Waals surface area (Å²) in [5, 5.41) is 9.89. The molecule has 0 aliphatic carbocycles. The quantitative estimate of drug-likeness (QED) is 0.233. The smallest absolute Gasteiger partial charge is 0.272 e. The maximum absolute atomic E-state index is 13.1. The van der Waals surface area contributed by atoms with E-state index in [0.29, 0.717) is 22.5 Å². The van der Waals surface area contributed by atoms with Crippen molar-refractivity contribution in [3.63, 3.8) is 0 Å². The van der Waals surface area contributed by atoms with Crippen molar-refractivity contribution in [2.45, 2.75) is 6.92 Å². The number of pyridine rings is 2. The van der Waals surface area contributed by atoms with Gasteiger partial charge < -0.3 is 5.32 Å². The number of nitrogens with zero attached hydrogens (tertiary/aromatic N) is 3. The van der Waals surface area contributed by atoms with E-state index in [1.807, 2.05) is 60.8 Å². The molecule has 0 fully saturated rings. The minimum Gasteiger partial charge on any atom is -0.322 e. The first-order valence-electron chi connectivity index (χ1n) is 11.2. The van der Waals surface area contributed by atoms with Gasteiger partial charge in [-0.25, -0.2) is 10.4 Å². The van der Waals surface area contributed by atoms with Gasteiger partial charge in [-0.1, -0.05) is 36.4 Å². The lowest BCUT2D eigenvalue weighted by atomic mass is 10.1. The van der Waals surface area contributed by atoms with Crippen LogP contribution in [0.2, 0.25) is 0 Å². The predicted molar refractivity (Wildman–Crippen MR) is 143 cm³/mol. The van der Waals surface area contributed by atoms with Gasteiger partial charge in [0.1, 0.15) is 0 Å². The molecular formula is C28H21N5O2S. The summed E-state index contributed by atoms with van der Waals surface area (Å²) in [6, 6.07) is 24.0. The normalized spacial score (nSPS) is 11.3. The Morgan fingerprint density at radius 2 is 1.72 bits per heavy atom. The van der Waals surface area contributed by atoms with Crippen molar-refractivity contribution in [2.24, 2.45) is 5.10 Å². The number of carbonyl (C=O) groups is 2. The third kappa shape index (κ3) is 5.03. The zero-order valence-corrected chi connectivity index (χ0v) is 20.1. The summed E-state index contributed by atoms with van der Waals surface area (Å²) in [6.07, 6.45) is 3.13. The lowest BCUT2D eigenvalue weighted by Crippen LogP contribution is -2.20. The van der Waals surface area contributed by atoms with E-state index in [9.17, 15) is 9.59 Å². The van der Waals surface area contributed by atoms with E-state index >= 15 is 0 Å². The maximum atomic E-state index is 13.1. The van der Waals surface area contributed by atoms with Crippen LogP contribution < -0.4 is 10.7 Å². The fourth-order valence-electron chi connectivity index (χ4n) is 3.67. The molecule has 0 radical (unpaired) electrons. The van der Waals surface area contributed by atoms with Crippen molar-refractivity contribution in [2.75, 3.05) is 5.32 Å². The van der Waals surface area contributed by atoms with Crippen molar-refractivity contribution >= 4 is 45.5 Å². The van der Waals surface area contributed by atoms with E-state index in [1.165, 1.54) is 6.20 Å². The van der Waals surface area contributed by atoms with Crippen LogP contribution in [0.1, 0.15) is 33.2 Å². The molecule has 2 N–H and O–H groups in total. The molecule has 2 amide bonds. The Bertz CT molecular complexity index is 1560. The molecular weight excluding hydrogens is 470 g/mol. The van der Waals surface area contributed by atoms with Gasteiger partial charge >= 0.3 is 0 Å². The summed E-state index contributed by atoms with van der Waals surface area (Å²) >= 11 is 1.57. The molecule has 5 rings (SSSR count). The molecule has 0 aliphatic heterocycles. The lowest BCUT2D eigenvalue weighted by molar-refractivity contribution is 0.0955. The number of aromatic nitrogens is 2. The average molecular weight is 492 g/mol. The fourth-order valence-corrected chi connectivity index (χ4v) is 4.35. The Morgan fingerprint density at radius 1 is 0.889 bits per heavy atom. The molecule has 8 heteroatoms. The van der Waals surface area contributed by atoms with Crippen LogP contribution in [0, 0.1) is 0 Å². The van der Waals surface area contributed by atoms with Crippen LogP contribution in [0.15, 0.2) is 102 Å². The Hall–Kier alpha value is -4.69. The first-order chi connectivity index (χ1) is 17.6. The number of hydrogen-bond donors (Lipinski definition) is 2. The van der Waals surface area contributed by atoms with Gasteiger partial charge in [-0.2, -0.15) is 5.10 Å². The monoisotopic (exact) mass is 491 g/mol. The van der Waals surface area contributed by atoms with Crippen molar-refractivity contribution in [3.8, 4) is 10.6 Å². The highest BCUT2D eigenvalue weighted by molar-refractivity contribution is 7.13. The number of anilines is 1. The first kappa shape index (κ1) is 23.1. The number of benzene rings is 2. The van der Waals surface area contributed by atoms with Crippen LogP contribution in [0.25, 0.3) is 21.5 Å². The van der Waals surface area contributed by atoms with Crippen LogP contribution in [-0.4, -0.2) is 27.5 Å². The number of rotatable bonds is 6. The maximum Gasteiger partial charge on any atom is 0.272 e. The zero-order chi connectivity index (χ0) is 24.9. The first-order valence-corrected chi connectivity index (χ1v) is 12.1. The van der Waals surface area contributed by atoms with Gasteiger partial charge in [-0.05, 0) is 60.3 Å². The van der Waals surface area contributed by atoms with Gasteiger partial charge in [-0.15, -0.1) is 11.3 Å². The molecule has 0 unspecified atom stereocenters. The minimum absolute atomic E-state index is 0.236. The van der Waals surface area contributed by atoms with Crippen molar-refractivity contribution < 1.29 is 9.59 Å². The molecule has 36 heavy (non-hydrogen) atoms. The largest absolute Gasteiger partial charge is 0.322 e. The molecule has 0 saturated carbocycles. The molecule has 0 atom stereocenters. The van der Waals surface area contributed by atoms with Gasteiger partial charge in [-0.3, -0.25) is 14.6 Å². The van der Waals surface area contributed by atoms with Gasteiger partial charge in [0.25, 0.3) is 11.8 Å². The third-order valence-corrected chi connectivity index (χ3v) is 6.44. The number of fused-ring (bicyclic) bond motifs is 1. The number of hydrazone groups is 1. The van der Waals surface area contributed by atoms with Crippen molar-refractivity contribution in [1.82, 2.24) is 15.4 Å².